The van der Waals surface area contributed by atoms with Crippen LogP contribution in [0.1, 0.15) is 64.1 Å². The SMILES string of the molecule is CCCC(CC)CCN1CCC[C@H](c2nn(-c3cc(O)cc4ccc(=O)[nH]c34)c(=O)[nH]2)C1. The number of rotatable bonds is 8. The molecule has 0 amide bonds. The number of nitrogens with one attached hydrogen (secondary N) is 2. The van der Waals surface area contributed by atoms with Gasteiger partial charge in [-0.25, -0.2) is 4.79 Å². The van der Waals surface area contributed by atoms with Crippen molar-refractivity contribution in [2.24, 2.45) is 5.92 Å². The lowest BCUT2D eigenvalue weighted by Crippen LogP contribution is -2.36. The van der Waals surface area contributed by atoms with E-state index in [-0.39, 0.29) is 22.9 Å². The Morgan fingerprint density at radius 1 is 1.19 bits per heavy atom. The number of aromatic hydroxyl groups is 1. The predicted octanol–water partition coefficient (Wildman–Crippen LogP) is 3.50. The quantitative estimate of drug-likeness (QED) is 0.498. The number of pyridine rings is 1. The maximum Gasteiger partial charge on any atom is 0.348 e. The molecule has 3 N–H and O–H groups in total. The molecular formula is C24H33N5O3. The molecule has 172 valence electrons. The molecule has 1 aliphatic rings. The Kier molecular flexibility index (Phi) is 6.79. The molecule has 8 heteroatoms. The van der Waals surface area contributed by atoms with E-state index < -0.39 is 0 Å². The lowest BCUT2D eigenvalue weighted by Gasteiger charge is -2.32. The van der Waals surface area contributed by atoms with Crippen LogP contribution < -0.4 is 11.2 Å². The van der Waals surface area contributed by atoms with Crippen molar-refractivity contribution in [2.45, 2.75) is 58.3 Å². The lowest BCUT2D eigenvalue weighted by molar-refractivity contribution is 0.188. The molecule has 0 bridgehead atoms. The van der Waals surface area contributed by atoms with Crippen LogP contribution in [0.2, 0.25) is 0 Å². The van der Waals surface area contributed by atoms with Crippen LogP contribution in [0.3, 0.4) is 0 Å². The maximum absolute atomic E-state index is 12.8. The molecule has 1 aliphatic heterocycles. The second-order valence-corrected chi connectivity index (χ2v) is 8.97. The lowest BCUT2D eigenvalue weighted by atomic mass is 9.94. The van der Waals surface area contributed by atoms with Crippen molar-refractivity contribution in [3.63, 3.8) is 0 Å². The van der Waals surface area contributed by atoms with Gasteiger partial charge in [0.15, 0.2) is 0 Å². The van der Waals surface area contributed by atoms with E-state index >= 15 is 0 Å². The average Bonchev–Trinajstić information content (AvgIpc) is 3.18. The number of hydrogen-bond acceptors (Lipinski definition) is 5. The van der Waals surface area contributed by atoms with Crippen molar-refractivity contribution in [3.8, 4) is 11.4 Å². The third-order valence-corrected chi connectivity index (χ3v) is 6.68. The fraction of sp³-hybridized carbons (Fsp3) is 0.542. The molecule has 2 aromatic heterocycles. The monoisotopic (exact) mass is 439 g/mol. The molecule has 0 saturated carbocycles. The van der Waals surface area contributed by atoms with Gasteiger partial charge in [0, 0.05) is 30.0 Å². The highest BCUT2D eigenvalue weighted by atomic mass is 16.3. The molecule has 1 fully saturated rings. The van der Waals surface area contributed by atoms with Crippen molar-refractivity contribution >= 4 is 10.9 Å². The molecule has 1 unspecified atom stereocenters. The minimum Gasteiger partial charge on any atom is -0.508 e. The van der Waals surface area contributed by atoms with Crippen molar-refractivity contribution in [3.05, 3.63) is 50.9 Å². The smallest absolute Gasteiger partial charge is 0.348 e. The van der Waals surface area contributed by atoms with Crippen LogP contribution in [-0.2, 0) is 0 Å². The first-order chi connectivity index (χ1) is 15.5. The molecule has 8 nitrogen and oxygen atoms in total. The Hall–Kier alpha value is -2.87. The largest absolute Gasteiger partial charge is 0.508 e. The number of H-pyrrole nitrogens is 2. The first-order valence-electron chi connectivity index (χ1n) is 11.8. The average molecular weight is 440 g/mol. The molecule has 1 saturated heterocycles. The van der Waals surface area contributed by atoms with Crippen molar-refractivity contribution in [2.75, 3.05) is 19.6 Å². The predicted molar refractivity (Wildman–Crippen MR) is 126 cm³/mol. The van der Waals surface area contributed by atoms with Gasteiger partial charge in [-0.05, 0) is 50.4 Å². The normalized spacial score (nSPS) is 18.2. The van der Waals surface area contributed by atoms with E-state index in [0.29, 0.717) is 22.4 Å². The summed E-state index contributed by atoms with van der Waals surface area (Å²) in [5.74, 6) is 1.61. The standard InChI is InChI=1S/C24H33N5O3/c1-3-6-16(4-2)10-12-28-11-5-7-18(15-28)23-26-24(32)29(27-23)20-14-19(30)13-17-8-9-21(31)25-22(17)20/h8-9,13-14,16,18,30H,3-7,10-12,15H2,1-2H3,(H,25,31)(H,26,27,32)/t16?,18-/m0/s1. The highest BCUT2D eigenvalue weighted by Gasteiger charge is 2.25. The van der Waals surface area contributed by atoms with Gasteiger partial charge in [0.05, 0.1) is 11.2 Å². The molecule has 0 aliphatic carbocycles. The molecule has 4 rings (SSSR count). The minimum absolute atomic E-state index is 0.0115. The summed E-state index contributed by atoms with van der Waals surface area (Å²) in [6.07, 6.45) is 7.01. The highest BCUT2D eigenvalue weighted by Crippen LogP contribution is 2.27. The van der Waals surface area contributed by atoms with Crippen LogP contribution in [0.25, 0.3) is 16.6 Å². The van der Waals surface area contributed by atoms with Gasteiger partial charge in [-0.2, -0.15) is 4.68 Å². The van der Waals surface area contributed by atoms with Crippen LogP contribution in [0.4, 0.5) is 0 Å². The molecule has 1 aromatic carbocycles. The van der Waals surface area contributed by atoms with Gasteiger partial charge in [-0.1, -0.05) is 33.1 Å². The number of phenolic OH excluding ortho intramolecular Hbond substituents is 1. The Morgan fingerprint density at radius 3 is 2.81 bits per heavy atom. The van der Waals surface area contributed by atoms with Gasteiger partial charge < -0.3 is 15.0 Å². The molecule has 3 aromatic rings. The summed E-state index contributed by atoms with van der Waals surface area (Å²) in [7, 11) is 0. The van der Waals surface area contributed by atoms with E-state index in [1.165, 1.54) is 42.5 Å². The Labute approximate surface area is 187 Å². The van der Waals surface area contributed by atoms with Crippen LogP contribution in [0, 0.1) is 5.92 Å². The first-order valence-corrected chi connectivity index (χ1v) is 11.8. The van der Waals surface area contributed by atoms with Gasteiger partial charge >= 0.3 is 5.69 Å². The van der Waals surface area contributed by atoms with Crippen molar-refractivity contribution in [1.29, 1.82) is 0 Å². The van der Waals surface area contributed by atoms with Crippen LogP contribution in [0.15, 0.2) is 33.9 Å². The van der Waals surface area contributed by atoms with Gasteiger partial charge in [0.25, 0.3) is 0 Å². The zero-order valence-corrected chi connectivity index (χ0v) is 18.9. The zero-order chi connectivity index (χ0) is 22.7. The number of piperidine rings is 1. The molecular weight excluding hydrogens is 406 g/mol. The van der Waals surface area contributed by atoms with Crippen LogP contribution >= 0.6 is 0 Å². The summed E-state index contributed by atoms with van der Waals surface area (Å²) in [6, 6.07) is 6.02. The number of aromatic amines is 2. The Morgan fingerprint density at radius 2 is 2.03 bits per heavy atom. The highest BCUT2D eigenvalue weighted by molar-refractivity contribution is 5.87. The number of fused-ring (bicyclic) bond motifs is 1. The fourth-order valence-corrected chi connectivity index (χ4v) is 4.89. The van der Waals surface area contributed by atoms with Crippen molar-refractivity contribution in [1.82, 2.24) is 24.6 Å². The first kappa shape index (κ1) is 22.3. The number of hydrogen-bond donors (Lipinski definition) is 3. The van der Waals surface area contributed by atoms with E-state index in [0.717, 1.165) is 38.4 Å². The Balaban J connectivity index is 1.57. The fourth-order valence-electron chi connectivity index (χ4n) is 4.89. The van der Waals surface area contributed by atoms with E-state index in [2.05, 4.69) is 33.8 Å². The summed E-state index contributed by atoms with van der Waals surface area (Å²) < 4.78 is 1.25. The Bertz CT molecular complexity index is 1180. The number of benzene rings is 1. The number of aromatic nitrogens is 4. The van der Waals surface area contributed by atoms with Crippen molar-refractivity contribution < 1.29 is 5.11 Å². The van der Waals surface area contributed by atoms with E-state index in [9.17, 15) is 14.7 Å². The van der Waals surface area contributed by atoms with E-state index in [4.69, 9.17) is 0 Å². The van der Waals surface area contributed by atoms with Gasteiger partial charge in [-0.3, -0.25) is 9.78 Å². The number of phenols is 1. The molecule has 32 heavy (non-hydrogen) atoms. The maximum atomic E-state index is 12.8. The van der Waals surface area contributed by atoms with Gasteiger partial charge in [-0.15, -0.1) is 5.10 Å². The summed E-state index contributed by atoms with van der Waals surface area (Å²) in [6.45, 7) is 7.57. The number of likely N-dealkylation sites (tertiary alicyclic amines) is 1. The van der Waals surface area contributed by atoms with Crippen LogP contribution in [-0.4, -0.2) is 49.4 Å². The second kappa shape index (κ2) is 9.73. The topological polar surface area (TPSA) is 107 Å². The minimum atomic E-state index is -0.372. The summed E-state index contributed by atoms with van der Waals surface area (Å²) in [5, 5.41) is 15.4. The zero-order valence-electron chi connectivity index (χ0n) is 18.9. The van der Waals surface area contributed by atoms with E-state index in [1.807, 2.05) is 0 Å². The van der Waals surface area contributed by atoms with E-state index in [1.54, 1.807) is 12.1 Å². The third kappa shape index (κ3) is 4.80. The second-order valence-electron chi connectivity index (χ2n) is 8.97. The third-order valence-electron chi connectivity index (χ3n) is 6.68. The summed E-state index contributed by atoms with van der Waals surface area (Å²) >= 11 is 0. The number of nitrogens with zero attached hydrogens (tertiary/aromatic N) is 3. The van der Waals surface area contributed by atoms with Gasteiger partial charge in [0.1, 0.15) is 11.6 Å². The van der Waals surface area contributed by atoms with Crippen LogP contribution in [0.5, 0.6) is 5.75 Å². The summed E-state index contributed by atoms with van der Waals surface area (Å²) in [4.78, 5) is 32.8. The van der Waals surface area contributed by atoms with Gasteiger partial charge in [0.2, 0.25) is 5.56 Å². The molecule has 0 spiro atoms. The molecule has 0 radical (unpaired) electrons. The molecule has 2 atom stereocenters. The summed E-state index contributed by atoms with van der Waals surface area (Å²) in [5.41, 5.74) is 0.192. The molecule has 3 heterocycles.